The number of rotatable bonds is 1. The Morgan fingerprint density at radius 2 is 1.51 bits per heavy atom. The van der Waals surface area contributed by atoms with E-state index in [4.69, 9.17) is 5.11 Å². The number of carbonyl (C=O) groups is 1. The van der Waals surface area contributed by atoms with Gasteiger partial charge >= 0.3 is 6.09 Å². The molecule has 1 atom stereocenters. The zero-order valence-electron chi connectivity index (χ0n) is 20.7. The number of nitrogens with zero attached hydrogens (tertiary/aromatic N) is 1. The van der Waals surface area contributed by atoms with Crippen molar-refractivity contribution in [1.82, 2.24) is 4.90 Å². The van der Waals surface area contributed by atoms with Gasteiger partial charge < -0.3 is 5.11 Å². The average molecular weight is 484 g/mol. The monoisotopic (exact) mass is 483 g/mol. The second-order valence-corrected chi connectivity index (χ2v) is 9.80. The Hall–Kier alpha value is -4.37. The van der Waals surface area contributed by atoms with E-state index in [2.05, 4.69) is 78.9 Å². The highest BCUT2D eigenvalue weighted by Gasteiger charge is 2.23. The molecule has 0 aromatic heterocycles. The third-order valence-corrected chi connectivity index (χ3v) is 7.65. The third kappa shape index (κ3) is 4.49. The first-order valence-electron chi connectivity index (χ1n) is 12.9. The van der Waals surface area contributed by atoms with Crippen molar-refractivity contribution in [3.63, 3.8) is 0 Å². The minimum Gasteiger partial charge on any atom is -0.465 e. The molecule has 1 aliphatic heterocycles. The predicted molar refractivity (Wildman–Crippen MR) is 152 cm³/mol. The summed E-state index contributed by atoms with van der Waals surface area (Å²) >= 11 is 0. The highest BCUT2D eigenvalue weighted by atomic mass is 16.4. The van der Waals surface area contributed by atoms with Crippen molar-refractivity contribution in [2.75, 3.05) is 0 Å². The average Bonchev–Trinajstić information content (AvgIpc) is 2.97. The highest BCUT2D eigenvalue weighted by molar-refractivity contribution is 6.08. The van der Waals surface area contributed by atoms with Crippen LogP contribution in [0.4, 0.5) is 4.79 Å². The summed E-state index contributed by atoms with van der Waals surface area (Å²) in [4.78, 5) is 11.9. The van der Waals surface area contributed by atoms with Crippen molar-refractivity contribution in [2.45, 2.75) is 31.7 Å². The van der Waals surface area contributed by atoms with Crippen LogP contribution < -0.4 is 0 Å². The van der Waals surface area contributed by atoms with Crippen LogP contribution in [0.1, 0.15) is 46.6 Å². The summed E-state index contributed by atoms with van der Waals surface area (Å²) in [6.45, 7) is 0.446. The van der Waals surface area contributed by atoms with Crippen molar-refractivity contribution in [3.05, 3.63) is 137 Å². The van der Waals surface area contributed by atoms with Crippen LogP contribution in [0.25, 0.3) is 27.6 Å². The van der Waals surface area contributed by atoms with Crippen LogP contribution in [-0.4, -0.2) is 16.1 Å². The van der Waals surface area contributed by atoms with Crippen LogP contribution in [0, 0.1) is 0 Å². The molecule has 1 unspecified atom stereocenters. The SMILES string of the molecule is O=C(O)N1C=Cc2ccccc2C1.c1ccc(C2CCCc3c2ccc2c3ccc3ccccc32)cc1. The highest BCUT2D eigenvalue weighted by Crippen LogP contribution is 2.41. The van der Waals surface area contributed by atoms with E-state index >= 15 is 0 Å². The number of carboxylic acid groups (broad SMARTS) is 1. The Morgan fingerprint density at radius 1 is 0.757 bits per heavy atom. The van der Waals surface area contributed by atoms with Gasteiger partial charge in [-0.25, -0.2) is 4.79 Å². The van der Waals surface area contributed by atoms with Crippen molar-refractivity contribution >= 4 is 33.7 Å². The van der Waals surface area contributed by atoms with Gasteiger partial charge in [-0.15, -0.1) is 0 Å². The summed E-state index contributed by atoms with van der Waals surface area (Å²) in [5.74, 6) is 0.547. The van der Waals surface area contributed by atoms with Crippen LogP contribution in [0.2, 0.25) is 0 Å². The van der Waals surface area contributed by atoms with Crippen molar-refractivity contribution in [2.24, 2.45) is 0 Å². The van der Waals surface area contributed by atoms with Crippen molar-refractivity contribution < 1.29 is 9.90 Å². The molecule has 0 bridgehead atoms. The molecule has 0 fully saturated rings. The molecular weight excluding hydrogens is 454 g/mol. The van der Waals surface area contributed by atoms with Gasteiger partial charge in [0.25, 0.3) is 0 Å². The predicted octanol–water partition coefficient (Wildman–Crippen LogP) is 8.61. The van der Waals surface area contributed by atoms with Gasteiger partial charge in [-0.05, 0) is 74.7 Å². The zero-order chi connectivity index (χ0) is 25.2. The zero-order valence-corrected chi connectivity index (χ0v) is 20.7. The Bertz CT molecular complexity index is 1620. The molecule has 1 N–H and O–H groups in total. The molecule has 1 amide bonds. The molecule has 0 spiro atoms. The molecule has 5 aromatic rings. The minimum absolute atomic E-state index is 0.446. The fourth-order valence-corrected chi connectivity index (χ4v) is 5.82. The van der Waals surface area contributed by atoms with Gasteiger partial charge in [0.15, 0.2) is 0 Å². The second kappa shape index (κ2) is 9.94. The largest absolute Gasteiger partial charge is 0.465 e. The molecule has 0 radical (unpaired) electrons. The summed E-state index contributed by atoms with van der Waals surface area (Å²) in [6.07, 6.45) is 6.23. The van der Waals surface area contributed by atoms with Crippen LogP contribution in [-0.2, 0) is 13.0 Å². The van der Waals surface area contributed by atoms with Gasteiger partial charge in [-0.2, -0.15) is 0 Å². The molecule has 0 saturated heterocycles. The fraction of sp³-hybridized carbons (Fsp3) is 0.147. The lowest BCUT2D eigenvalue weighted by Gasteiger charge is -2.27. The molecule has 0 saturated carbocycles. The van der Waals surface area contributed by atoms with E-state index in [0.29, 0.717) is 12.5 Å². The van der Waals surface area contributed by atoms with Gasteiger partial charge in [0.1, 0.15) is 0 Å². The first-order valence-corrected chi connectivity index (χ1v) is 12.9. The number of hydrogen-bond donors (Lipinski definition) is 1. The maximum absolute atomic E-state index is 10.6. The normalized spacial score (nSPS) is 16.0. The quantitative estimate of drug-likeness (QED) is 0.242. The molecule has 1 aliphatic carbocycles. The molecular formula is C34H29NO2. The molecule has 182 valence electrons. The van der Waals surface area contributed by atoms with Crippen molar-refractivity contribution in [3.8, 4) is 0 Å². The fourth-order valence-electron chi connectivity index (χ4n) is 5.82. The summed E-state index contributed by atoms with van der Waals surface area (Å²) in [5.41, 5.74) is 6.71. The van der Waals surface area contributed by atoms with E-state index in [1.54, 1.807) is 11.8 Å². The Morgan fingerprint density at radius 3 is 2.38 bits per heavy atom. The van der Waals surface area contributed by atoms with Crippen LogP contribution in [0.15, 0.2) is 109 Å². The number of fused-ring (bicyclic) bond motifs is 6. The summed E-state index contributed by atoms with van der Waals surface area (Å²) in [5, 5.41) is 14.3. The summed E-state index contributed by atoms with van der Waals surface area (Å²) in [7, 11) is 0. The van der Waals surface area contributed by atoms with Gasteiger partial charge in [0.2, 0.25) is 0 Å². The van der Waals surface area contributed by atoms with E-state index in [1.807, 2.05) is 30.3 Å². The van der Waals surface area contributed by atoms with Crippen molar-refractivity contribution in [1.29, 1.82) is 0 Å². The van der Waals surface area contributed by atoms with Crippen LogP contribution in [0.3, 0.4) is 0 Å². The first-order chi connectivity index (χ1) is 18.2. The smallest absolute Gasteiger partial charge is 0.411 e. The third-order valence-electron chi connectivity index (χ3n) is 7.65. The van der Waals surface area contributed by atoms with E-state index in [0.717, 1.165) is 11.1 Å². The maximum Gasteiger partial charge on any atom is 0.411 e. The molecule has 5 aromatic carbocycles. The first kappa shape index (κ1) is 23.1. The number of aryl methyl sites for hydroxylation is 1. The lowest BCUT2D eigenvalue weighted by molar-refractivity contribution is 0.161. The summed E-state index contributed by atoms with van der Waals surface area (Å²) in [6, 6.07) is 36.9. The number of amides is 1. The summed E-state index contributed by atoms with van der Waals surface area (Å²) < 4.78 is 0. The van der Waals surface area contributed by atoms with E-state index in [-0.39, 0.29) is 0 Å². The van der Waals surface area contributed by atoms with Crippen LogP contribution in [0.5, 0.6) is 0 Å². The Balaban J connectivity index is 0.000000164. The molecule has 7 rings (SSSR count). The van der Waals surface area contributed by atoms with Gasteiger partial charge in [-0.1, -0.05) is 103 Å². The van der Waals surface area contributed by atoms with E-state index < -0.39 is 6.09 Å². The van der Waals surface area contributed by atoms with Gasteiger partial charge in [0.05, 0.1) is 6.54 Å². The molecule has 2 aliphatic rings. The second-order valence-electron chi connectivity index (χ2n) is 9.80. The lowest BCUT2D eigenvalue weighted by atomic mass is 9.77. The van der Waals surface area contributed by atoms with Crippen LogP contribution >= 0.6 is 0 Å². The van der Waals surface area contributed by atoms with E-state index in [1.165, 1.54) is 56.8 Å². The van der Waals surface area contributed by atoms with E-state index in [9.17, 15) is 4.79 Å². The Kier molecular flexibility index (Phi) is 6.20. The number of hydrogen-bond acceptors (Lipinski definition) is 1. The Labute approximate surface area is 217 Å². The lowest BCUT2D eigenvalue weighted by Crippen LogP contribution is -2.25. The molecule has 3 heteroatoms. The van der Waals surface area contributed by atoms with Gasteiger partial charge in [-0.3, -0.25) is 4.90 Å². The van der Waals surface area contributed by atoms with Gasteiger partial charge in [0, 0.05) is 12.1 Å². The maximum atomic E-state index is 10.6. The molecule has 1 heterocycles. The standard InChI is InChI=1S/C24H20.C10H9NO2/c1-2-7-17(8-3-1)20-11-6-12-21-22(20)15-16-23-19-10-5-4-9-18(19)13-14-24(21)23;12-10(13)11-6-5-8-3-1-2-4-9(8)7-11/h1-5,7-10,13-16,20H,6,11-12H2;1-6H,7H2,(H,12,13). The topological polar surface area (TPSA) is 40.5 Å². The number of benzene rings is 5. The molecule has 3 nitrogen and oxygen atoms in total. The minimum atomic E-state index is -0.911. The molecule has 37 heavy (non-hydrogen) atoms.